The maximum Gasteiger partial charge on any atom is 0.319 e. The molecule has 3 aromatic heterocycles. The average molecular weight is 716 g/mol. The van der Waals surface area contributed by atoms with Crippen molar-refractivity contribution in [1.29, 1.82) is 0 Å². The number of aryl methyl sites for hydroxylation is 1. The monoisotopic (exact) mass is 715 g/mol. The van der Waals surface area contributed by atoms with Gasteiger partial charge < -0.3 is 24.2 Å². The van der Waals surface area contributed by atoms with Crippen LogP contribution in [0.15, 0.2) is 12.3 Å². The second kappa shape index (κ2) is 15.1. The summed E-state index contributed by atoms with van der Waals surface area (Å²) >= 11 is 6.80. The molecule has 6 rings (SSSR count). The SMILES string of the molecule is COON(C(C)CCCCOc1nc(N2CCOC[C@@](C)(O)C2)c2c(OC)nc(-c3c(Cl)c(C)cc4[nH]ncc34)c(F)c2n1)C1(C)CCCC1. The van der Waals surface area contributed by atoms with E-state index < -0.39 is 11.4 Å². The molecule has 1 saturated heterocycles. The predicted octanol–water partition coefficient (Wildman–Crippen LogP) is 6.33. The molecule has 2 aliphatic rings. The van der Waals surface area contributed by atoms with Crippen LogP contribution in [0.4, 0.5) is 10.2 Å². The number of nitrogens with one attached hydrogen (secondary N) is 1. The van der Waals surface area contributed by atoms with Gasteiger partial charge in [-0.3, -0.25) is 5.10 Å². The Morgan fingerprint density at radius 1 is 1.18 bits per heavy atom. The van der Waals surface area contributed by atoms with E-state index in [2.05, 4.69) is 34.0 Å². The number of unbranched alkanes of at least 4 members (excludes halogenated alkanes) is 1. The zero-order valence-electron chi connectivity index (χ0n) is 29.6. The van der Waals surface area contributed by atoms with Crippen LogP contribution < -0.4 is 14.4 Å². The van der Waals surface area contributed by atoms with Crippen LogP contribution in [-0.2, 0) is 14.6 Å². The maximum atomic E-state index is 16.9. The highest BCUT2D eigenvalue weighted by Gasteiger charge is 2.39. The number of methoxy groups -OCH3 is 1. The fourth-order valence-electron chi connectivity index (χ4n) is 7.28. The Hall–Kier alpha value is -3.40. The van der Waals surface area contributed by atoms with Gasteiger partial charge in [0, 0.05) is 29.1 Å². The van der Waals surface area contributed by atoms with Gasteiger partial charge in [0.05, 0.1) is 57.3 Å². The predicted molar refractivity (Wildman–Crippen MR) is 188 cm³/mol. The molecule has 4 aromatic rings. The van der Waals surface area contributed by atoms with Crippen molar-refractivity contribution >= 4 is 39.2 Å². The van der Waals surface area contributed by atoms with Gasteiger partial charge in [0.15, 0.2) is 5.82 Å². The summed E-state index contributed by atoms with van der Waals surface area (Å²) in [7, 11) is 2.99. The normalized spacial score (nSPS) is 20.2. The topological polar surface area (TPSA) is 140 Å². The number of anilines is 1. The molecule has 2 atom stereocenters. The molecular weight excluding hydrogens is 669 g/mol. The van der Waals surface area contributed by atoms with E-state index in [4.69, 9.17) is 40.7 Å². The van der Waals surface area contributed by atoms with Crippen LogP contribution in [0.3, 0.4) is 0 Å². The van der Waals surface area contributed by atoms with Crippen molar-refractivity contribution in [2.45, 2.75) is 89.8 Å². The van der Waals surface area contributed by atoms with Gasteiger partial charge in [-0.15, -0.1) is 10.1 Å². The van der Waals surface area contributed by atoms with Gasteiger partial charge in [-0.2, -0.15) is 15.1 Å². The maximum absolute atomic E-state index is 16.9. The number of halogens is 2. The number of aliphatic hydroxyl groups is 1. The van der Waals surface area contributed by atoms with Gasteiger partial charge >= 0.3 is 6.01 Å². The van der Waals surface area contributed by atoms with Crippen molar-refractivity contribution in [3.05, 3.63) is 28.7 Å². The lowest BCUT2D eigenvalue weighted by Crippen LogP contribution is -2.49. The van der Waals surface area contributed by atoms with E-state index >= 15 is 4.39 Å². The average Bonchev–Trinajstić information content (AvgIpc) is 3.70. The van der Waals surface area contributed by atoms with Crippen molar-refractivity contribution in [3.8, 4) is 23.1 Å². The number of nitrogens with zero attached hydrogens (tertiary/aromatic N) is 6. The molecule has 15 heteroatoms. The Kier molecular flexibility index (Phi) is 11.0. The molecule has 0 amide bonds. The number of pyridine rings is 1. The summed E-state index contributed by atoms with van der Waals surface area (Å²) in [5.74, 6) is -0.292. The molecule has 13 nitrogen and oxygen atoms in total. The number of benzene rings is 1. The fourth-order valence-corrected chi connectivity index (χ4v) is 7.53. The van der Waals surface area contributed by atoms with Crippen LogP contribution in [0, 0.1) is 12.7 Å². The lowest BCUT2D eigenvalue weighted by molar-refractivity contribution is -0.447. The van der Waals surface area contributed by atoms with Crippen LogP contribution >= 0.6 is 11.6 Å². The molecule has 1 unspecified atom stereocenters. The molecule has 1 aliphatic carbocycles. The molecule has 50 heavy (non-hydrogen) atoms. The number of rotatable bonds is 13. The van der Waals surface area contributed by atoms with Crippen molar-refractivity contribution < 1.29 is 33.6 Å². The molecule has 2 N–H and O–H groups in total. The van der Waals surface area contributed by atoms with Gasteiger partial charge in [0.25, 0.3) is 0 Å². The van der Waals surface area contributed by atoms with Crippen molar-refractivity contribution in [3.63, 3.8) is 0 Å². The Morgan fingerprint density at radius 3 is 2.70 bits per heavy atom. The molecule has 2 fully saturated rings. The highest BCUT2D eigenvalue weighted by Crippen LogP contribution is 2.43. The van der Waals surface area contributed by atoms with Crippen LogP contribution in [0.2, 0.25) is 5.02 Å². The minimum absolute atomic E-state index is 0.00457. The number of aromatic amines is 1. The molecule has 0 radical (unpaired) electrons. The smallest absolute Gasteiger partial charge is 0.319 e. The summed E-state index contributed by atoms with van der Waals surface area (Å²) in [5, 5.41) is 21.3. The van der Waals surface area contributed by atoms with E-state index in [1.54, 1.807) is 13.1 Å². The summed E-state index contributed by atoms with van der Waals surface area (Å²) in [4.78, 5) is 26.6. The number of ether oxygens (including phenoxy) is 3. The second-order valence-corrected chi connectivity index (χ2v) is 14.4. The van der Waals surface area contributed by atoms with Gasteiger partial charge in [-0.1, -0.05) is 24.4 Å². The standard InChI is InChI=1S/C35H47ClFN7O6/c1-21-17-24-23(18-38-42-24)25(27(21)36)29-28(37)30-26(32(39-29)46-5)31(43-14-16-48-20-35(4,45)19-43)41-33(40-30)49-15-10-7-11-22(2)44(50-47-6)34(3)12-8-9-13-34/h17-18,22,45H,7-16,19-20H2,1-6H3,(H,38,42)/t22?,35-/m0/s1. The number of H-pyrrole nitrogens is 1. The summed E-state index contributed by atoms with van der Waals surface area (Å²) in [6.07, 6.45) is 8.46. The molecule has 0 bridgehead atoms. The van der Waals surface area contributed by atoms with Gasteiger partial charge in [0.1, 0.15) is 28.0 Å². The van der Waals surface area contributed by atoms with E-state index in [9.17, 15) is 5.11 Å². The first-order valence-corrected chi connectivity index (χ1v) is 17.6. The third-order valence-electron chi connectivity index (χ3n) is 9.77. The van der Waals surface area contributed by atoms with Gasteiger partial charge in [-0.05, 0) is 71.4 Å². The Morgan fingerprint density at radius 2 is 1.96 bits per heavy atom. The molecule has 1 aliphatic heterocycles. The van der Waals surface area contributed by atoms with Gasteiger partial charge in [0.2, 0.25) is 5.88 Å². The zero-order valence-corrected chi connectivity index (χ0v) is 30.4. The first-order chi connectivity index (χ1) is 24.0. The van der Waals surface area contributed by atoms with Gasteiger partial charge in [-0.25, -0.2) is 14.3 Å². The van der Waals surface area contributed by atoms with Crippen molar-refractivity contribution in [2.24, 2.45) is 0 Å². The summed E-state index contributed by atoms with van der Waals surface area (Å²) < 4.78 is 34.5. The number of β-amino-alcohol motifs (C(OH)–C–C–N with tert-alkyl or cyclic N) is 1. The zero-order chi connectivity index (χ0) is 35.6. The Bertz CT molecular complexity index is 1820. The molecular formula is C35H47ClFN7O6. The van der Waals surface area contributed by atoms with E-state index in [0.29, 0.717) is 53.5 Å². The van der Waals surface area contributed by atoms with E-state index in [1.807, 2.05) is 23.0 Å². The number of hydroxylamine groups is 2. The van der Waals surface area contributed by atoms with Crippen LogP contribution in [0.1, 0.15) is 71.3 Å². The first-order valence-electron chi connectivity index (χ1n) is 17.2. The van der Waals surface area contributed by atoms with E-state index in [0.717, 1.165) is 31.2 Å². The minimum atomic E-state index is -1.19. The lowest BCUT2D eigenvalue weighted by Gasteiger charge is -2.39. The summed E-state index contributed by atoms with van der Waals surface area (Å²) in [6, 6.07) is 1.97. The molecule has 0 spiro atoms. The second-order valence-electron chi connectivity index (χ2n) is 14.0. The third kappa shape index (κ3) is 7.32. The number of hydrogen-bond acceptors (Lipinski definition) is 12. The Balaban J connectivity index is 1.33. The highest BCUT2D eigenvalue weighted by atomic mass is 35.5. The fraction of sp³-hybridized carbons (Fsp3) is 0.600. The minimum Gasteiger partial charge on any atom is -0.480 e. The van der Waals surface area contributed by atoms with Crippen molar-refractivity contribution in [1.82, 2.24) is 30.2 Å². The summed E-state index contributed by atoms with van der Waals surface area (Å²) in [5.41, 5.74) is 0.443. The Labute approximate surface area is 296 Å². The summed E-state index contributed by atoms with van der Waals surface area (Å²) in [6.45, 7) is 9.20. The largest absolute Gasteiger partial charge is 0.480 e. The number of fused-ring (bicyclic) bond motifs is 2. The molecule has 1 aromatic carbocycles. The first kappa shape index (κ1) is 36.4. The van der Waals surface area contributed by atoms with E-state index in [-0.39, 0.29) is 53.2 Å². The quantitative estimate of drug-likeness (QED) is 0.0908. The van der Waals surface area contributed by atoms with Crippen molar-refractivity contribution in [2.75, 3.05) is 52.0 Å². The molecule has 272 valence electrons. The number of hydrogen-bond donors (Lipinski definition) is 2. The van der Waals surface area contributed by atoms with Crippen LogP contribution in [0.25, 0.3) is 33.1 Å². The molecule has 1 saturated carbocycles. The lowest BCUT2D eigenvalue weighted by atomic mass is 9.97. The highest BCUT2D eigenvalue weighted by molar-refractivity contribution is 6.35. The number of aromatic nitrogens is 5. The third-order valence-corrected chi connectivity index (χ3v) is 10.3. The molecule has 4 heterocycles. The van der Waals surface area contributed by atoms with E-state index in [1.165, 1.54) is 27.1 Å². The van der Waals surface area contributed by atoms with Crippen LogP contribution in [-0.4, -0.2) is 99.6 Å². The van der Waals surface area contributed by atoms with Crippen LogP contribution in [0.5, 0.6) is 11.9 Å².